The highest BCUT2D eigenvalue weighted by Gasteiger charge is 2.23. The van der Waals surface area contributed by atoms with Crippen LogP contribution in [-0.4, -0.2) is 19.5 Å². The third-order valence-electron chi connectivity index (χ3n) is 2.39. The number of anilines is 1. The Hall–Kier alpha value is -2.30. The maximum Gasteiger partial charge on any atom is 0.347 e. The van der Waals surface area contributed by atoms with Gasteiger partial charge < -0.3 is 5.11 Å². The highest BCUT2D eigenvalue weighted by atomic mass is 32.2. The van der Waals surface area contributed by atoms with Gasteiger partial charge in [-0.1, -0.05) is 12.0 Å². The molecule has 7 heteroatoms. The molecule has 0 unspecified atom stereocenters. The van der Waals surface area contributed by atoms with Gasteiger partial charge in [-0.3, -0.25) is 4.72 Å². The summed E-state index contributed by atoms with van der Waals surface area (Å²) in [6.45, 7) is 0. The van der Waals surface area contributed by atoms with Gasteiger partial charge >= 0.3 is 5.97 Å². The van der Waals surface area contributed by atoms with Crippen molar-refractivity contribution in [3.63, 3.8) is 0 Å². The van der Waals surface area contributed by atoms with E-state index in [0.29, 0.717) is 5.56 Å². The molecule has 0 saturated carbocycles. The van der Waals surface area contributed by atoms with E-state index in [1.54, 1.807) is 12.1 Å². The highest BCUT2D eigenvalue weighted by molar-refractivity contribution is 7.93. The summed E-state index contributed by atoms with van der Waals surface area (Å²) < 4.78 is 26.6. The number of terminal acetylenes is 1. The quantitative estimate of drug-likeness (QED) is 0.848. The molecule has 0 saturated heterocycles. The molecule has 0 bridgehead atoms. The van der Waals surface area contributed by atoms with Crippen molar-refractivity contribution in [3.05, 3.63) is 46.2 Å². The average Bonchev–Trinajstić information content (AvgIpc) is 2.88. The zero-order chi connectivity index (χ0) is 14.8. The predicted octanol–water partition coefficient (Wildman–Crippen LogP) is 2.23. The standard InChI is InChI=1S/C13H9NO4S2/c1-2-9-4-3-5-10(8-9)14-20(17,18)11-6-7-19-12(11)13(15)16/h1,3-8,14H,(H,15,16). The molecule has 0 aliphatic rings. The van der Waals surface area contributed by atoms with Crippen molar-refractivity contribution in [2.75, 3.05) is 4.72 Å². The molecule has 0 aliphatic carbocycles. The molecule has 0 radical (unpaired) electrons. The lowest BCUT2D eigenvalue weighted by Crippen LogP contribution is -2.15. The van der Waals surface area contributed by atoms with Crippen molar-refractivity contribution in [1.29, 1.82) is 0 Å². The van der Waals surface area contributed by atoms with E-state index in [0.717, 1.165) is 11.3 Å². The molecular formula is C13H9NO4S2. The summed E-state index contributed by atoms with van der Waals surface area (Å²) in [4.78, 5) is 10.5. The first-order valence-electron chi connectivity index (χ1n) is 5.34. The van der Waals surface area contributed by atoms with E-state index in [1.165, 1.54) is 23.6 Å². The Morgan fingerprint density at radius 1 is 1.35 bits per heavy atom. The Morgan fingerprint density at radius 3 is 2.75 bits per heavy atom. The molecule has 0 atom stereocenters. The third-order valence-corrected chi connectivity index (χ3v) is 4.85. The number of carboxylic acid groups (broad SMARTS) is 1. The second-order valence-corrected chi connectivity index (χ2v) is 6.32. The minimum atomic E-state index is -3.96. The number of hydrogen-bond donors (Lipinski definition) is 2. The van der Waals surface area contributed by atoms with Crippen LogP contribution in [0.3, 0.4) is 0 Å². The maximum absolute atomic E-state index is 12.2. The Balaban J connectivity index is 2.39. The van der Waals surface area contributed by atoms with Crippen molar-refractivity contribution < 1.29 is 18.3 Å². The van der Waals surface area contributed by atoms with Crippen LogP contribution in [0.5, 0.6) is 0 Å². The summed E-state index contributed by atoms with van der Waals surface area (Å²) in [5.41, 5.74) is 0.803. The average molecular weight is 307 g/mol. The van der Waals surface area contributed by atoms with Crippen LogP contribution in [0.2, 0.25) is 0 Å². The summed E-state index contributed by atoms with van der Waals surface area (Å²) in [6.07, 6.45) is 5.24. The van der Waals surface area contributed by atoms with Gasteiger partial charge in [-0.05, 0) is 29.6 Å². The van der Waals surface area contributed by atoms with Crippen LogP contribution in [0.25, 0.3) is 0 Å². The number of rotatable bonds is 4. The van der Waals surface area contributed by atoms with E-state index in [1.807, 2.05) is 0 Å². The lowest BCUT2D eigenvalue weighted by molar-refractivity contribution is 0.0698. The van der Waals surface area contributed by atoms with Crippen LogP contribution < -0.4 is 4.72 Å². The van der Waals surface area contributed by atoms with Gasteiger partial charge in [-0.15, -0.1) is 17.8 Å². The zero-order valence-electron chi connectivity index (χ0n) is 10.0. The van der Waals surface area contributed by atoms with Gasteiger partial charge in [0, 0.05) is 5.56 Å². The van der Waals surface area contributed by atoms with Gasteiger partial charge in [-0.2, -0.15) is 0 Å². The van der Waals surface area contributed by atoms with Crippen molar-refractivity contribution >= 4 is 33.0 Å². The van der Waals surface area contributed by atoms with Crippen molar-refractivity contribution in [2.24, 2.45) is 0 Å². The number of sulfonamides is 1. The zero-order valence-corrected chi connectivity index (χ0v) is 11.7. The first kappa shape index (κ1) is 14.1. The Labute approximate surface area is 119 Å². The fourth-order valence-electron chi connectivity index (χ4n) is 1.55. The first-order valence-corrected chi connectivity index (χ1v) is 7.70. The number of carbonyl (C=O) groups is 1. The minimum absolute atomic E-state index is 0.231. The van der Waals surface area contributed by atoms with Gasteiger partial charge in [0.05, 0.1) is 5.69 Å². The summed E-state index contributed by atoms with van der Waals surface area (Å²) in [6, 6.07) is 7.54. The SMILES string of the molecule is C#Cc1cccc(NS(=O)(=O)c2ccsc2C(=O)O)c1. The molecule has 102 valence electrons. The number of carboxylic acids is 1. The van der Waals surface area contributed by atoms with E-state index < -0.39 is 16.0 Å². The number of thiophene rings is 1. The summed E-state index contributed by atoms with van der Waals surface area (Å²) in [5, 5.41) is 10.4. The second kappa shape index (κ2) is 5.36. The fraction of sp³-hybridized carbons (Fsp3) is 0. The third kappa shape index (κ3) is 2.82. The molecule has 0 fully saturated rings. The fourth-order valence-corrected chi connectivity index (χ4v) is 3.86. The molecule has 1 aromatic heterocycles. The number of hydrogen-bond acceptors (Lipinski definition) is 4. The summed E-state index contributed by atoms with van der Waals surface area (Å²) >= 11 is 0.852. The Kier molecular flexibility index (Phi) is 3.79. The highest BCUT2D eigenvalue weighted by Crippen LogP contribution is 2.24. The van der Waals surface area contributed by atoms with E-state index in [9.17, 15) is 13.2 Å². The van der Waals surface area contributed by atoms with E-state index in [4.69, 9.17) is 11.5 Å². The van der Waals surface area contributed by atoms with Gasteiger partial charge in [0.15, 0.2) is 0 Å². The minimum Gasteiger partial charge on any atom is -0.477 e. The van der Waals surface area contributed by atoms with E-state index in [-0.39, 0.29) is 15.5 Å². The molecule has 2 rings (SSSR count). The molecule has 2 aromatic rings. The van der Waals surface area contributed by atoms with E-state index in [2.05, 4.69) is 10.6 Å². The summed E-state index contributed by atoms with van der Waals surface area (Å²) in [5.74, 6) is 1.11. The number of nitrogens with one attached hydrogen (secondary N) is 1. The largest absolute Gasteiger partial charge is 0.477 e. The Bertz CT molecular complexity index is 800. The Morgan fingerprint density at radius 2 is 2.10 bits per heavy atom. The smallest absolute Gasteiger partial charge is 0.347 e. The maximum atomic E-state index is 12.2. The van der Waals surface area contributed by atoms with E-state index >= 15 is 0 Å². The van der Waals surface area contributed by atoms with Crippen LogP contribution in [0.4, 0.5) is 5.69 Å². The second-order valence-electron chi connectivity index (χ2n) is 3.75. The van der Waals surface area contributed by atoms with Crippen LogP contribution in [0.1, 0.15) is 15.2 Å². The normalized spacial score (nSPS) is 10.8. The van der Waals surface area contributed by atoms with Gasteiger partial charge in [0.1, 0.15) is 9.77 Å². The molecule has 0 spiro atoms. The summed E-state index contributed by atoms with van der Waals surface area (Å²) in [7, 11) is -3.96. The van der Waals surface area contributed by atoms with Crippen molar-refractivity contribution in [1.82, 2.24) is 0 Å². The topological polar surface area (TPSA) is 83.5 Å². The van der Waals surface area contributed by atoms with Crippen LogP contribution in [-0.2, 0) is 10.0 Å². The molecule has 0 aliphatic heterocycles. The molecule has 1 aromatic carbocycles. The van der Waals surface area contributed by atoms with Gasteiger partial charge in [0.25, 0.3) is 10.0 Å². The van der Waals surface area contributed by atoms with Crippen LogP contribution >= 0.6 is 11.3 Å². The lowest BCUT2D eigenvalue weighted by Gasteiger charge is -2.07. The lowest BCUT2D eigenvalue weighted by atomic mass is 10.2. The number of aromatic carboxylic acids is 1. The molecule has 0 amide bonds. The van der Waals surface area contributed by atoms with Crippen molar-refractivity contribution in [3.8, 4) is 12.3 Å². The van der Waals surface area contributed by atoms with Gasteiger partial charge in [0.2, 0.25) is 0 Å². The van der Waals surface area contributed by atoms with Crippen LogP contribution in [0.15, 0.2) is 40.6 Å². The van der Waals surface area contributed by atoms with Crippen LogP contribution in [0, 0.1) is 12.3 Å². The monoisotopic (exact) mass is 307 g/mol. The molecule has 1 heterocycles. The predicted molar refractivity (Wildman–Crippen MR) is 76.5 cm³/mol. The molecule has 20 heavy (non-hydrogen) atoms. The van der Waals surface area contributed by atoms with Crippen molar-refractivity contribution in [2.45, 2.75) is 4.90 Å². The number of benzene rings is 1. The molecular weight excluding hydrogens is 298 g/mol. The molecule has 5 nitrogen and oxygen atoms in total. The van der Waals surface area contributed by atoms with Gasteiger partial charge in [-0.25, -0.2) is 13.2 Å². The first-order chi connectivity index (χ1) is 9.44. The molecule has 2 N–H and O–H groups in total.